The van der Waals surface area contributed by atoms with Crippen LogP contribution in [0, 0.1) is 0 Å². The van der Waals surface area contributed by atoms with Gasteiger partial charge in [-0.15, -0.1) is 0 Å². The lowest BCUT2D eigenvalue weighted by molar-refractivity contribution is -0.139. The number of ether oxygens (including phenoxy) is 1. The summed E-state index contributed by atoms with van der Waals surface area (Å²) in [6, 6.07) is 10.8. The molecule has 1 N–H and O–H groups in total. The van der Waals surface area contributed by atoms with E-state index in [-0.39, 0.29) is 12.0 Å². The SMILES string of the molecule is CCC1(c2ccc(OC)cc2)NC(=O)N(Cc2ccccc2C(F)(F)F)C1=O. The summed E-state index contributed by atoms with van der Waals surface area (Å²) in [5.41, 5.74) is -1.79. The molecule has 1 atom stereocenters. The van der Waals surface area contributed by atoms with E-state index in [1.807, 2.05) is 0 Å². The van der Waals surface area contributed by atoms with Gasteiger partial charge in [-0.25, -0.2) is 4.79 Å². The van der Waals surface area contributed by atoms with E-state index in [2.05, 4.69) is 5.32 Å². The number of carbonyl (C=O) groups is 2. The van der Waals surface area contributed by atoms with Gasteiger partial charge in [-0.1, -0.05) is 37.3 Å². The quantitative estimate of drug-likeness (QED) is 0.781. The predicted octanol–water partition coefficient (Wildman–Crippen LogP) is 4.07. The van der Waals surface area contributed by atoms with Crippen molar-refractivity contribution in [3.8, 4) is 5.75 Å². The highest BCUT2D eigenvalue weighted by Crippen LogP contribution is 2.36. The monoisotopic (exact) mass is 392 g/mol. The number of methoxy groups -OCH3 is 1. The van der Waals surface area contributed by atoms with Crippen molar-refractivity contribution in [3.63, 3.8) is 0 Å². The zero-order valence-electron chi connectivity index (χ0n) is 15.3. The molecule has 3 rings (SSSR count). The number of benzene rings is 2. The maximum Gasteiger partial charge on any atom is 0.416 e. The Morgan fingerprint density at radius 3 is 2.29 bits per heavy atom. The number of hydrogen-bond acceptors (Lipinski definition) is 3. The molecule has 0 saturated carbocycles. The van der Waals surface area contributed by atoms with Crippen molar-refractivity contribution in [3.05, 3.63) is 65.2 Å². The first-order valence-corrected chi connectivity index (χ1v) is 8.66. The maximum atomic E-state index is 13.3. The zero-order valence-corrected chi connectivity index (χ0v) is 15.3. The molecule has 0 spiro atoms. The Kier molecular flexibility index (Phi) is 5.06. The average Bonchev–Trinajstić information content (AvgIpc) is 2.93. The van der Waals surface area contributed by atoms with Crippen molar-refractivity contribution < 1.29 is 27.5 Å². The van der Waals surface area contributed by atoms with Crippen LogP contribution in [0.2, 0.25) is 0 Å². The summed E-state index contributed by atoms with van der Waals surface area (Å²) in [5.74, 6) is 0.00452. The van der Waals surface area contributed by atoms with Gasteiger partial charge in [0.15, 0.2) is 0 Å². The largest absolute Gasteiger partial charge is 0.497 e. The van der Waals surface area contributed by atoms with E-state index in [4.69, 9.17) is 4.74 Å². The lowest BCUT2D eigenvalue weighted by Crippen LogP contribution is -2.43. The van der Waals surface area contributed by atoms with Gasteiger partial charge in [0.1, 0.15) is 11.3 Å². The minimum atomic E-state index is -4.58. The number of carbonyl (C=O) groups excluding carboxylic acids is 2. The van der Waals surface area contributed by atoms with Crippen LogP contribution < -0.4 is 10.1 Å². The van der Waals surface area contributed by atoms with Gasteiger partial charge in [0.25, 0.3) is 5.91 Å². The van der Waals surface area contributed by atoms with E-state index in [1.165, 1.54) is 25.3 Å². The number of nitrogens with zero attached hydrogens (tertiary/aromatic N) is 1. The number of nitrogens with one attached hydrogen (secondary N) is 1. The molecule has 1 heterocycles. The van der Waals surface area contributed by atoms with Crippen LogP contribution in [-0.4, -0.2) is 23.9 Å². The number of amides is 3. The van der Waals surface area contributed by atoms with Gasteiger partial charge in [0, 0.05) is 0 Å². The summed E-state index contributed by atoms with van der Waals surface area (Å²) < 4.78 is 44.9. The van der Waals surface area contributed by atoms with Gasteiger partial charge >= 0.3 is 12.2 Å². The molecular weight excluding hydrogens is 373 g/mol. The standard InChI is InChI=1S/C20H19F3N2O3/c1-3-19(14-8-10-15(28-2)11-9-14)17(26)25(18(27)24-19)12-13-6-4-5-7-16(13)20(21,22)23/h4-11H,3,12H2,1-2H3,(H,24,27). The molecule has 1 saturated heterocycles. The molecule has 1 aliphatic rings. The van der Waals surface area contributed by atoms with Crippen LogP contribution in [0.25, 0.3) is 0 Å². The van der Waals surface area contributed by atoms with Crippen LogP contribution in [0.5, 0.6) is 5.75 Å². The van der Waals surface area contributed by atoms with Gasteiger partial charge in [0.05, 0.1) is 19.2 Å². The molecule has 8 heteroatoms. The second-order valence-corrected chi connectivity index (χ2v) is 6.46. The molecule has 0 bridgehead atoms. The third-order valence-corrected chi connectivity index (χ3v) is 4.94. The third-order valence-electron chi connectivity index (χ3n) is 4.94. The number of imide groups is 1. The Morgan fingerprint density at radius 1 is 1.07 bits per heavy atom. The molecule has 0 radical (unpaired) electrons. The molecule has 0 aromatic heterocycles. The predicted molar refractivity (Wildman–Crippen MR) is 95.5 cm³/mol. The first-order chi connectivity index (χ1) is 13.2. The van der Waals surface area contributed by atoms with Gasteiger partial charge < -0.3 is 10.1 Å². The second-order valence-electron chi connectivity index (χ2n) is 6.46. The van der Waals surface area contributed by atoms with Crippen LogP contribution in [-0.2, 0) is 23.1 Å². The van der Waals surface area contributed by atoms with E-state index in [0.29, 0.717) is 11.3 Å². The molecule has 1 unspecified atom stereocenters. The molecule has 0 aliphatic carbocycles. The summed E-state index contributed by atoms with van der Waals surface area (Å²) in [5, 5.41) is 2.66. The molecule has 5 nitrogen and oxygen atoms in total. The van der Waals surface area contributed by atoms with Crippen molar-refractivity contribution in [1.29, 1.82) is 0 Å². The lowest BCUT2D eigenvalue weighted by Gasteiger charge is -2.26. The Labute approximate surface area is 160 Å². The highest BCUT2D eigenvalue weighted by Gasteiger charge is 2.51. The van der Waals surface area contributed by atoms with E-state index >= 15 is 0 Å². The lowest BCUT2D eigenvalue weighted by atomic mass is 9.87. The van der Waals surface area contributed by atoms with Crippen molar-refractivity contribution in [2.75, 3.05) is 7.11 Å². The molecule has 148 valence electrons. The van der Waals surface area contributed by atoms with E-state index in [1.54, 1.807) is 31.2 Å². The van der Waals surface area contributed by atoms with Crippen LogP contribution in [0.4, 0.5) is 18.0 Å². The molecule has 2 aromatic carbocycles. The van der Waals surface area contributed by atoms with Crippen molar-refractivity contribution in [2.45, 2.75) is 31.6 Å². The van der Waals surface area contributed by atoms with Gasteiger partial charge in [-0.3, -0.25) is 9.69 Å². The second kappa shape index (κ2) is 7.18. The van der Waals surface area contributed by atoms with E-state index < -0.39 is 35.8 Å². The smallest absolute Gasteiger partial charge is 0.416 e. The molecule has 3 amide bonds. The first kappa shape index (κ1) is 19.7. The fraction of sp³-hybridized carbons (Fsp3) is 0.300. The van der Waals surface area contributed by atoms with Gasteiger partial charge in [0.2, 0.25) is 0 Å². The Balaban J connectivity index is 1.95. The summed E-state index contributed by atoms with van der Waals surface area (Å²) in [7, 11) is 1.51. The van der Waals surface area contributed by atoms with Gasteiger partial charge in [-0.2, -0.15) is 13.2 Å². The van der Waals surface area contributed by atoms with E-state index in [9.17, 15) is 22.8 Å². The van der Waals surface area contributed by atoms with Crippen molar-refractivity contribution in [1.82, 2.24) is 10.2 Å². The van der Waals surface area contributed by atoms with Crippen LogP contribution in [0.3, 0.4) is 0 Å². The zero-order chi connectivity index (χ0) is 20.5. The highest BCUT2D eigenvalue weighted by atomic mass is 19.4. The van der Waals surface area contributed by atoms with E-state index in [0.717, 1.165) is 11.0 Å². The Bertz CT molecular complexity index is 896. The molecular formula is C20H19F3N2O3. The van der Waals surface area contributed by atoms with Crippen molar-refractivity contribution >= 4 is 11.9 Å². The number of hydrogen-bond donors (Lipinski definition) is 1. The maximum absolute atomic E-state index is 13.3. The molecule has 1 fully saturated rings. The Hall–Kier alpha value is -3.03. The Morgan fingerprint density at radius 2 is 1.71 bits per heavy atom. The summed E-state index contributed by atoms with van der Waals surface area (Å²) in [6.45, 7) is 1.27. The number of rotatable bonds is 5. The fourth-order valence-corrected chi connectivity index (χ4v) is 3.39. The summed E-state index contributed by atoms with van der Waals surface area (Å²) in [6.07, 6.45) is -4.32. The molecule has 2 aromatic rings. The summed E-state index contributed by atoms with van der Waals surface area (Å²) in [4.78, 5) is 26.5. The average molecular weight is 392 g/mol. The normalized spacial score (nSPS) is 19.7. The topological polar surface area (TPSA) is 58.6 Å². The van der Waals surface area contributed by atoms with Gasteiger partial charge in [-0.05, 0) is 35.7 Å². The van der Waals surface area contributed by atoms with Crippen LogP contribution in [0.15, 0.2) is 48.5 Å². The molecule has 1 aliphatic heterocycles. The van der Waals surface area contributed by atoms with Crippen molar-refractivity contribution in [2.24, 2.45) is 0 Å². The number of alkyl halides is 3. The van der Waals surface area contributed by atoms with Crippen LogP contribution in [0.1, 0.15) is 30.0 Å². The minimum Gasteiger partial charge on any atom is -0.497 e. The molecule has 28 heavy (non-hydrogen) atoms. The number of halogens is 3. The first-order valence-electron chi connectivity index (χ1n) is 8.66. The fourth-order valence-electron chi connectivity index (χ4n) is 3.39. The summed E-state index contributed by atoms with van der Waals surface area (Å²) >= 11 is 0. The minimum absolute atomic E-state index is 0.139. The third kappa shape index (κ3) is 3.30. The van der Waals surface area contributed by atoms with Crippen LogP contribution >= 0.6 is 0 Å². The number of urea groups is 1. The highest BCUT2D eigenvalue weighted by molar-refractivity contribution is 6.07.